The molecule has 5 nitrogen and oxygen atoms in total. The van der Waals surface area contributed by atoms with Crippen molar-refractivity contribution in [2.24, 2.45) is 13.0 Å². The van der Waals surface area contributed by atoms with E-state index in [0.29, 0.717) is 13.1 Å². The molecule has 1 saturated heterocycles. The van der Waals surface area contributed by atoms with Gasteiger partial charge in [-0.3, -0.25) is 14.3 Å². The molecule has 1 unspecified atom stereocenters. The fourth-order valence-corrected chi connectivity index (χ4v) is 3.85. The molecule has 0 N–H and O–H groups in total. The Morgan fingerprint density at radius 1 is 1.14 bits per heavy atom. The van der Waals surface area contributed by atoms with Crippen LogP contribution in [-0.4, -0.2) is 39.5 Å². The smallest absolute Gasteiger partial charge is 0.246 e. The molecule has 1 aliphatic rings. The van der Waals surface area contributed by atoms with Crippen LogP contribution in [0.4, 0.5) is 0 Å². The molecule has 3 aromatic rings. The SMILES string of the molecule is Cn1cc(C=CC(=O)N2CCCC(C(=O)c3cccc4ccccc34)C2)cn1. The van der Waals surface area contributed by atoms with Gasteiger partial charge >= 0.3 is 0 Å². The molecule has 0 bridgehead atoms. The van der Waals surface area contributed by atoms with Gasteiger partial charge in [0.15, 0.2) is 5.78 Å². The van der Waals surface area contributed by atoms with Crippen LogP contribution in [0, 0.1) is 5.92 Å². The summed E-state index contributed by atoms with van der Waals surface area (Å²) in [4.78, 5) is 27.6. The maximum Gasteiger partial charge on any atom is 0.246 e. The van der Waals surface area contributed by atoms with Gasteiger partial charge < -0.3 is 4.90 Å². The van der Waals surface area contributed by atoms with Crippen molar-refractivity contribution < 1.29 is 9.59 Å². The number of piperidine rings is 1. The molecular formula is C23H23N3O2. The summed E-state index contributed by atoms with van der Waals surface area (Å²) in [5, 5.41) is 6.14. The average molecular weight is 373 g/mol. The quantitative estimate of drug-likeness (QED) is 0.517. The fraction of sp³-hybridized carbons (Fsp3) is 0.261. The Kier molecular flexibility index (Phi) is 5.06. The lowest BCUT2D eigenvalue weighted by Crippen LogP contribution is -2.41. The van der Waals surface area contributed by atoms with Crippen LogP contribution in [-0.2, 0) is 11.8 Å². The molecule has 0 radical (unpaired) electrons. The molecule has 0 aliphatic carbocycles. The summed E-state index contributed by atoms with van der Waals surface area (Å²) in [5.41, 5.74) is 1.64. The van der Waals surface area contributed by atoms with Crippen molar-refractivity contribution in [1.82, 2.24) is 14.7 Å². The van der Waals surface area contributed by atoms with E-state index in [9.17, 15) is 9.59 Å². The Labute approximate surface area is 164 Å². The summed E-state index contributed by atoms with van der Waals surface area (Å²) in [6.45, 7) is 1.16. The number of fused-ring (bicyclic) bond motifs is 1. The summed E-state index contributed by atoms with van der Waals surface area (Å²) < 4.78 is 1.70. The third-order valence-electron chi connectivity index (χ3n) is 5.30. The summed E-state index contributed by atoms with van der Waals surface area (Å²) >= 11 is 0. The molecule has 1 aliphatic heterocycles. The zero-order valence-corrected chi connectivity index (χ0v) is 15.9. The number of carbonyl (C=O) groups excluding carboxylic acids is 2. The maximum absolute atomic E-state index is 13.2. The topological polar surface area (TPSA) is 55.2 Å². The van der Waals surface area contributed by atoms with Gasteiger partial charge in [-0.1, -0.05) is 42.5 Å². The number of hydrogen-bond donors (Lipinski definition) is 0. The van der Waals surface area contributed by atoms with Crippen LogP contribution >= 0.6 is 0 Å². The molecule has 0 saturated carbocycles. The Bertz CT molecular complexity index is 1050. The van der Waals surface area contributed by atoms with Crippen molar-refractivity contribution in [3.63, 3.8) is 0 Å². The second-order valence-electron chi connectivity index (χ2n) is 7.30. The van der Waals surface area contributed by atoms with E-state index in [-0.39, 0.29) is 17.6 Å². The van der Waals surface area contributed by atoms with Gasteiger partial charge in [0, 0.05) is 49.5 Å². The number of likely N-dealkylation sites (tertiary alicyclic amines) is 1. The van der Waals surface area contributed by atoms with Gasteiger partial charge in [0.25, 0.3) is 0 Å². The molecule has 5 heteroatoms. The number of amides is 1. The van der Waals surface area contributed by atoms with Gasteiger partial charge in [-0.2, -0.15) is 5.10 Å². The van der Waals surface area contributed by atoms with E-state index in [1.54, 1.807) is 27.9 Å². The van der Waals surface area contributed by atoms with Crippen LogP contribution in [0.2, 0.25) is 0 Å². The molecule has 28 heavy (non-hydrogen) atoms. The Morgan fingerprint density at radius 2 is 1.96 bits per heavy atom. The Morgan fingerprint density at radius 3 is 2.79 bits per heavy atom. The summed E-state index contributed by atoms with van der Waals surface area (Å²) in [5.74, 6) is -0.0832. The summed E-state index contributed by atoms with van der Waals surface area (Å²) in [7, 11) is 1.84. The molecule has 1 atom stereocenters. The van der Waals surface area contributed by atoms with E-state index < -0.39 is 0 Å². The first-order chi connectivity index (χ1) is 13.6. The number of aromatic nitrogens is 2. The van der Waals surface area contributed by atoms with E-state index >= 15 is 0 Å². The number of nitrogens with zero attached hydrogens (tertiary/aromatic N) is 3. The minimum atomic E-state index is -0.157. The number of aryl methyl sites for hydroxylation is 1. The summed E-state index contributed by atoms with van der Waals surface area (Å²) in [6, 6.07) is 13.8. The first-order valence-electron chi connectivity index (χ1n) is 9.59. The third-order valence-corrected chi connectivity index (χ3v) is 5.30. The van der Waals surface area contributed by atoms with Crippen LogP contribution in [0.5, 0.6) is 0 Å². The lowest BCUT2D eigenvalue weighted by molar-refractivity contribution is -0.127. The van der Waals surface area contributed by atoms with Gasteiger partial charge in [-0.25, -0.2) is 0 Å². The standard InChI is InChI=1S/C23H23N3O2/c1-25-15-17(14-24-25)11-12-22(27)26-13-5-8-19(16-26)23(28)21-10-4-7-18-6-2-3-9-20(18)21/h2-4,6-7,9-12,14-15,19H,5,8,13,16H2,1H3. The molecule has 2 aromatic carbocycles. The highest BCUT2D eigenvalue weighted by molar-refractivity contribution is 6.09. The normalized spacial score (nSPS) is 17.3. The average Bonchev–Trinajstić information content (AvgIpc) is 3.16. The van der Waals surface area contributed by atoms with Crippen molar-refractivity contribution in [1.29, 1.82) is 0 Å². The maximum atomic E-state index is 13.2. The molecule has 0 spiro atoms. The second-order valence-corrected chi connectivity index (χ2v) is 7.30. The van der Waals surface area contributed by atoms with Crippen LogP contribution in [0.15, 0.2) is 60.9 Å². The number of hydrogen-bond acceptors (Lipinski definition) is 3. The van der Waals surface area contributed by atoms with Crippen molar-refractivity contribution in [2.45, 2.75) is 12.8 Å². The van der Waals surface area contributed by atoms with Gasteiger partial charge in [-0.15, -0.1) is 0 Å². The van der Waals surface area contributed by atoms with E-state index in [4.69, 9.17) is 0 Å². The first-order valence-corrected chi connectivity index (χ1v) is 9.59. The Balaban J connectivity index is 1.49. The lowest BCUT2D eigenvalue weighted by Gasteiger charge is -2.31. The van der Waals surface area contributed by atoms with Crippen LogP contribution in [0.3, 0.4) is 0 Å². The fourth-order valence-electron chi connectivity index (χ4n) is 3.85. The molecule has 1 aromatic heterocycles. The molecule has 1 fully saturated rings. The second kappa shape index (κ2) is 7.80. The number of rotatable bonds is 4. The molecule has 2 heterocycles. The minimum absolute atomic E-state index is 0.0562. The predicted octanol–water partition coefficient (Wildman–Crippen LogP) is 3.71. The summed E-state index contributed by atoms with van der Waals surface area (Å²) in [6.07, 6.45) is 8.57. The molecule has 4 rings (SSSR count). The largest absolute Gasteiger partial charge is 0.338 e. The zero-order chi connectivity index (χ0) is 19.5. The predicted molar refractivity (Wildman–Crippen MR) is 110 cm³/mol. The number of Topliss-reactive ketones (excluding diaryl/α,β-unsaturated/α-hetero) is 1. The van der Waals surface area contributed by atoms with Gasteiger partial charge in [0.1, 0.15) is 0 Å². The van der Waals surface area contributed by atoms with Crippen molar-refractivity contribution in [3.8, 4) is 0 Å². The molecule has 1 amide bonds. The monoisotopic (exact) mass is 373 g/mol. The van der Waals surface area contributed by atoms with Crippen molar-refractivity contribution in [3.05, 3.63) is 72.1 Å². The van der Waals surface area contributed by atoms with Gasteiger partial charge in [-0.05, 0) is 29.7 Å². The zero-order valence-electron chi connectivity index (χ0n) is 15.9. The van der Waals surface area contributed by atoms with E-state index in [1.165, 1.54) is 0 Å². The first kappa shape index (κ1) is 18.2. The highest BCUT2D eigenvalue weighted by Gasteiger charge is 2.29. The van der Waals surface area contributed by atoms with E-state index in [1.807, 2.05) is 55.7 Å². The van der Waals surface area contributed by atoms with Crippen molar-refractivity contribution in [2.75, 3.05) is 13.1 Å². The van der Waals surface area contributed by atoms with Crippen LogP contribution in [0.25, 0.3) is 16.8 Å². The van der Waals surface area contributed by atoms with E-state index in [2.05, 4.69) is 5.10 Å². The van der Waals surface area contributed by atoms with Gasteiger partial charge in [0.05, 0.1) is 6.20 Å². The van der Waals surface area contributed by atoms with E-state index in [0.717, 1.165) is 34.7 Å². The number of benzene rings is 2. The molecule has 142 valence electrons. The highest BCUT2D eigenvalue weighted by atomic mass is 16.2. The third kappa shape index (κ3) is 3.74. The Hall–Kier alpha value is -3.21. The van der Waals surface area contributed by atoms with Crippen LogP contribution in [0.1, 0.15) is 28.8 Å². The highest BCUT2D eigenvalue weighted by Crippen LogP contribution is 2.26. The number of carbonyl (C=O) groups is 2. The van der Waals surface area contributed by atoms with Gasteiger partial charge in [0.2, 0.25) is 5.91 Å². The number of ketones is 1. The van der Waals surface area contributed by atoms with Crippen LogP contribution < -0.4 is 0 Å². The minimum Gasteiger partial charge on any atom is -0.338 e. The lowest BCUT2D eigenvalue weighted by atomic mass is 9.88. The molecular weight excluding hydrogens is 350 g/mol. The van der Waals surface area contributed by atoms with Crippen molar-refractivity contribution >= 4 is 28.5 Å².